The van der Waals surface area contributed by atoms with Crippen molar-refractivity contribution < 1.29 is 28.9 Å². The molecule has 1 N–H and O–H groups in total. The van der Waals surface area contributed by atoms with Crippen molar-refractivity contribution in [2.24, 2.45) is 0 Å². The van der Waals surface area contributed by atoms with Crippen LogP contribution in [-0.4, -0.2) is 73.0 Å². The second kappa shape index (κ2) is 8.47. The monoisotopic (exact) mass is 380 g/mol. The molecular formula is C19H28N2O6. The maximum atomic E-state index is 12.2. The molecule has 150 valence electrons. The topological polar surface area (TPSA) is 88.5 Å². The Bertz CT molecular complexity index is 677. The predicted octanol–water partition coefficient (Wildman–Crippen LogP) is 2.38. The van der Waals surface area contributed by atoms with Crippen LogP contribution in [0.5, 0.6) is 11.5 Å². The lowest BCUT2D eigenvalue weighted by Crippen LogP contribution is -2.52. The van der Waals surface area contributed by atoms with Gasteiger partial charge in [-0.2, -0.15) is 0 Å². The highest BCUT2D eigenvalue weighted by Crippen LogP contribution is 2.33. The van der Waals surface area contributed by atoms with Crippen molar-refractivity contribution in [1.82, 2.24) is 9.80 Å². The summed E-state index contributed by atoms with van der Waals surface area (Å²) < 4.78 is 15.9. The summed E-state index contributed by atoms with van der Waals surface area (Å²) >= 11 is 0. The largest absolute Gasteiger partial charge is 0.497 e. The fraction of sp³-hybridized carbons (Fsp3) is 0.579. The van der Waals surface area contributed by atoms with Gasteiger partial charge in [0.1, 0.15) is 23.1 Å². The average molecular weight is 380 g/mol. The Morgan fingerprint density at radius 1 is 1.07 bits per heavy atom. The lowest BCUT2D eigenvalue weighted by atomic mass is 10.0. The zero-order chi connectivity index (χ0) is 20.2. The second-order valence-electron chi connectivity index (χ2n) is 7.35. The smallest absolute Gasteiger partial charge is 0.410 e. The summed E-state index contributed by atoms with van der Waals surface area (Å²) in [6, 6.07) is 4.22. The summed E-state index contributed by atoms with van der Waals surface area (Å²) in [7, 11) is 3.04. The molecule has 1 heterocycles. The van der Waals surface area contributed by atoms with E-state index >= 15 is 0 Å². The number of methoxy groups -OCH3 is 2. The van der Waals surface area contributed by atoms with Gasteiger partial charge in [-0.3, -0.25) is 9.69 Å². The highest BCUT2D eigenvalue weighted by molar-refractivity contribution is 5.77. The van der Waals surface area contributed by atoms with E-state index in [9.17, 15) is 14.7 Å². The number of carboxylic acids is 1. The normalized spacial score (nSPS) is 16.6. The molecule has 2 rings (SSSR count). The number of carbonyl (C=O) groups is 2. The number of rotatable bonds is 5. The molecule has 8 nitrogen and oxygen atoms in total. The minimum atomic E-state index is -0.968. The van der Waals surface area contributed by atoms with Crippen LogP contribution < -0.4 is 9.47 Å². The van der Waals surface area contributed by atoms with Gasteiger partial charge in [-0.1, -0.05) is 0 Å². The fourth-order valence-electron chi connectivity index (χ4n) is 3.02. The van der Waals surface area contributed by atoms with Gasteiger partial charge >= 0.3 is 12.1 Å². The van der Waals surface area contributed by atoms with Crippen LogP contribution in [0.4, 0.5) is 4.79 Å². The molecule has 0 radical (unpaired) electrons. The maximum Gasteiger partial charge on any atom is 0.410 e. The van der Waals surface area contributed by atoms with E-state index in [0.29, 0.717) is 43.2 Å². The van der Waals surface area contributed by atoms with E-state index < -0.39 is 17.6 Å². The molecule has 1 amide bonds. The van der Waals surface area contributed by atoms with Crippen LogP contribution in [-0.2, 0) is 9.53 Å². The van der Waals surface area contributed by atoms with Crippen molar-refractivity contribution in [3.05, 3.63) is 23.8 Å². The molecule has 0 saturated carbocycles. The lowest BCUT2D eigenvalue weighted by molar-refractivity contribution is -0.144. The Morgan fingerprint density at radius 3 is 2.19 bits per heavy atom. The third-order valence-corrected chi connectivity index (χ3v) is 4.30. The third kappa shape index (κ3) is 5.26. The highest BCUT2D eigenvalue weighted by atomic mass is 16.6. The number of ether oxygens (including phenoxy) is 3. The molecule has 27 heavy (non-hydrogen) atoms. The van der Waals surface area contributed by atoms with Crippen molar-refractivity contribution in [1.29, 1.82) is 0 Å². The van der Waals surface area contributed by atoms with Crippen molar-refractivity contribution in [2.75, 3.05) is 40.4 Å². The van der Waals surface area contributed by atoms with E-state index in [4.69, 9.17) is 14.2 Å². The van der Waals surface area contributed by atoms with Crippen LogP contribution in [0.15, 0.2) is 18.2 Å². The number of aliphatic carboxylic acids is 1. The van der Waals surface area contributed by atoms with Gasteiger partial charge in [0.25, 0.3) is 0 Å². The van der Waals surface area contributed by atoms with Gasteiger partial charge in [-0.15, -0.1) is 0 Å². The molecule has 1 atom stereocenters. The molecule has 8 heteroatoms. The predicted molar refractivity (Wildman–Crippen MR) is 99.3 cm³/mol. The molecule has 1 aliphatic heterocycles. The van der Waals surface area contributed by atoms with Crippen LogP contribution in [0.3, 0.4) is 0 Å². The quantitative estimate of drug-likeness (QED) is 0.839. The summed E-state index contributed by atoms with van der Waals surface area (Å²) in [5.41, 5.74) is -0.00890. The first-order valence-electron chi connectivity index (χ1n) is 8.83. The number of benzene rings is 1. The highest BCUT2D eigenvalue weighted by Gasteiger charge is 2.34. The molecule has 1 aromatic rings. The van der Waals surface area contributed by atoms with Crippen molar-refractivity contribution in [3.8, 4) is 11.5 Å². The summed E-state index contributed by atoms with van der Waals surface area (Å²) in [6.07, 6.45) is -0.379. The van der Waals surface area contributed by atoms with Gasteiger partial charge in [-0.25, -0.2) is 4.79 Å². The molecule has 1 aliphatic rings. The van der Waals surface area contributed by atoms with E-state index in [1.807, 2.05) is 25.7 Å². The number of carboxylic acid groups (broad SMARTS) is 1. The van der Waals surface area contributed by atoms with Gasteiger partial charge in [0.15, 0.2) is 0 Å². The molecule has 0 aromatic heterocycles. The molecule has 0 aliphatic carbocycles. The Morgan fingerprint density at radius 2 is 1.70 bits per heavy atom. The van der Waals surface area contributed by atoms with Crippen molar-refractivity contribution in [2.45, 2.75) is 32.4 Å². The van der Waals surface area contributed by atoms with E-state index in [0.717, 1.165) is 0 Å². The van der Waals surface area contributed by atoms with Crippen LogP contribution in [0.25, 0.3) is 0 Å². The minimum absolute atomic E-state index is 0.379. The molecule has 0 bridgehead atoms. The lowest BCUT2D eigenvalue weighted by Gasteiger charge is -2.38. The van der Waals surface area contributed by atoms with Crippen LogP contribution in [0, 0.1) is 0 Å². The van der Waals surface area contributed by atoms with Gasteiger partial charge < -0.3 is 24.2 Å². The minimum Gasteiger partial charge on any atom is -0.497 e. The number of piperazine rings is 1. The first-order valence-corrected chi connectivity index (χ1v) is 8.83. The Kier molecular flexibility index (Phi) is 6.54. The standard InChI is InChI=1S/C19H28N2O6/c1-19(2,3)27-18(24)21-10-8-20(9-11-21)16(17(22)23)14-7-6-13(25-4)12-15(14)26-5/h6-7,12,16H,8-11H2,1-5H3,(H,22,23)/t16-/m0/s1. The Hall–Kier alpha value is -2.48. The van der Waals surface area contributed by atoms with Crippen LogP contribution in [0.1, 0.15) is 32.4 Å². The Labute approximate surface area is 159 Å². The van der Waals surface area contributed by atoms with E-state index in [-0.39, 0.29) is 6.09 Å². The number of hydrogen-bond donors (Lipinski definition) is 1. The SMILES string of the molecule is COc1ccc([C@@H](C(=O)O)N2CCN(C(=O)OC(C)(C)C)CC2)c(OC)c1. The zero-order valence-corrected chi connectivity index (χ0v) is 16.5. The Balaban J connectivity index is 2.14. The first-order chi connectivity index (χ1) is 12.7. The number of hydrogen-bond acceptors (Lipinski definition) is 6. The summed E-state index contributed by atoms with van der Waals surface area (Å²) in [4.78, 5) is 27.6. The fourth-order valence-corrected chi connectivity index (χ4v) is 3.02. The van der Waals surface area contributed by atoms with Gasteiger partial charge in [0.05, 0.1) is 14.2 Å². The molecule has 1 saturated heterocycles. The molecule has 0 spiro atoms. The summed E-state index contributed by atoms with van der Waals surface area (Å²) in [5, 5.41) is 9.82. The molecule has 1 aromatic carbocycles. The summed E-state index contributed by atoms with van der Waals surface area (Å²) in [6.45, 7) is 7.10. The molecular weight excluding hydrogens is 352 g/mol. The van der Waals surface area contributed by atoms with Gasteiger partial charge in [0.2, 0.25) is 0 Å². The van der Waals surface area contributed by atoms with Gasteiger partial charge in [-0.05, 0) is 32.9 Å². The first kappa shape index (κ1) is 20.8. The second-order valence-corrected chi connectivity index (χ2v) is 7.35. The zero-order valence-electron chi connectivity index (χ0n) is 16.5. The van der Waals surface area contributed by atoms with E-state index in [1.54, 1.807) is 30.2 Å². The van der Waals surface area contributed by atoms with Gasteiger partial charge in [0, 0.05) is 37.8 Å². The van der Waals surface area contributed by atoms with Crippen LogP contribution >= 0.6 is 0 Å². The average Bonchev–Trinajstić information content (AvgIpc) is 2.61. The number of amides is 1. The maximum absolute atomic E-state index is 12.2. The third-order valence-electron chi connectivity index (χ3n) is 4.30. The van der Waals surface area contributed by atoms with Crippen LogP contribution in [0.2, 0.25) is 0 Å². The summed E-state index contributed by atoms with van der Waals surface area (Å²) in [5.74, 6) is 0.0787. The van der Waals surface area contributed by atoms with E-state index in [1.165, 1.54) is 7.11 Å². The van der Waals surface area contributed by atoms with E-state index in [2.05, 4.69) is 0 Å². The van der Waals surface area contributed by atoms with Crippen molar-refractivity contribution >= 4 is 12.1 Å². The molecule has 1 fully saturated rings. The van der Waals surface area contributed by atoms with Crippen molar-refractivity contribution in [3.63, 3.8) is 0 Å². The number of nitrogens with zero attached hydrogens (tertiary/aromatic N) is 2. The number of carbonyl (C=O) groups excluding carboxylic acids is 1. The molecule has 0 unspecified atom stereocenters.